The topological polar surface area (TPSA) is 42.2 Å². The molecule has 2 aromatic rings. The Hall–Kier alpha value is -1.23. The number of anilines is 1. The number of rotatable bonds is 4. The second-order valence-corrected chi connectivity index (χ2v) is 5.10. The molecule has 1 unspecified atom stereocenters. The van der Waals surface area contributed by atoms with Gasteiger partial charge in [-0.2, -0.15) is 16.7 Å². The van der Waals surface area contributed by atoms with E-state index in [0.29, 0.717) is 11.2 Å². The summed E-state index contributed by atoms with van der Waals surface area (Å²) < 4.78 is 1.81. The number of hydrogen-bond acceptors (Lipinski definition) is 4. The maximum atomic E-state index is 4.45. The molecule has 0 aliphatic heterocycles. The normalized spacial score (nSPS) is 12.9. The van der Waals surface area contributed by atoms with Crippen LogP contribution in [-0.2, 0) is 0 Å². The Morgan fingerprint density at radius 3 is 3.06 bits per heavy atom. The first-order valence-electron chi connectivity index (χ1n) is 5.29. The predicted molar refractivity (Wildman–Crippen MR) is 69.2 cm³/mol. The van der Waals surface area contributed by atoms with Gasteiger partial charge in [0.25, 0.3) is 0 Å². The maximum absolute atomic E-state index is 4.45. The highest BCUT2D eigenvalue weighted by Crippen LogP contribution is 2.11. The Kier molecular flexibility index (Phi) is 3.33. The van der Waals surface area contributed by atoms with Crippen LogP contribution in [0.5, 0.6) is 0 Å². The molecule has 5 heteroatoms. The summed E-state index contributed by atoms with van der Waals surface area (Å²) in [6.45, 7) is 5.11. The third-order valence-corrected chi connectivity index (χ3v) is 3.48. The molecule has 4 nitrogen and oxygen atoms in total. The molecule has 0 spiro atoms. The van der Waals surface area contributed by atoms with Gasteiger partial charge in [-0.15, -0.1) is 5.10 Å². The van der Waals surface area contributed by atoms with Crippen LogP contribution >= 0.6 is 11.8 Å². The van der Waals surface area contributed by atoms with Crippen molar-refractivity contribution >= 4 is 23.4 Å². The molecule has 86 valence electrons. The van der Waals surface area contributed by atoms with E-state index < -0.39 is 0 Å². The Morgan fingerprint density at radius 2 is 2.38 bits per heavy atom. The maximum Gasteiger partial charge on any atom is 0.243 e. The van der Waals surface area contributed by atoms with E-state index in [1.54, 1.807) is 4.52 Å². The largest absolute Gasteiger partial charge is 0.352 e. The first-order valence-corrected chi connectivity index (χ1v) is 6.58. The SMILES string of the molecule is CSC(C)CNc1nc2c(C)cccn2n1. The molecule has 2 rings (SSSR count). The van der Waals surface area contributed by atoms with E-state index in [0.717, 1.165) is 17.8 Å². The van der Waals surface area contributed by atoms with Crippen LogP contribution in [0, 0.1) is 6.92 Å². The van der Waals surface area contributed by atoms with Gasteiger partial charge in [-0.05, 0) is 24.8 Å². The lowest BCUT2D eigenvalue weighted by atomic mass is 10.3. The van der Waals surface area contributed by atoms with Crippen molar-refractivity contribution in [3.8, 4) is 0 Å². The Bertz CT molecular complexity index is 480. The van der Waals surface area contributed by atoms with Gasteiger partial charge in [-0.1, -0.05) is 13.0 Å². The second-order valence-electron chi connectivity index (χ2n) is 3.82. The lowest BCUT2D eigenvalue weighted by Gasteiger charge is -2.06. The monoisotopic (exact) mass is 236 g/mol. The zero-order valence-electron chi connectivity index (χ0n) is 9.77. The number of nitrogens with one attached hydrogen (secondary N) is 1. The van der Waals surface area contributed by atoms with E-state index in [4.69, 9.17) is 0 Å². The van der Waals surface area contributed by atoms with Gasteiger partial charge in [-0.25, -0.2) is 4.52 Å². The highest BCUT2D eigenvalue weighted by Gasteiger charge is 2.06. The fourth-order valence-electron chi connectivity index (χ4n) is 1.43. The Morgan fingerprint density at radius 1 is 1.56 bits per heavy atom. The van der Waals surface area contributed by atoms with Crippen LogP contribution in [0.1, 0.15) is 12.5 Å². The number of nitrogens with zero attached hydrogens (tertiary/aromatic N) is 3. The zero-order chi connectivity index (χ0) is 11.5. The van der Waals surface area contributed by atoms with Gasteiger partial charge in [0.05, 0.1) is 0 Å². The van der Waals surface area contributed by atoms with Gasteiger partial charge in [-0.3, -0.25) is 0 Å². The van der Waals surface area contributed by atoms with Crippen LogP contribution in [0.15, 0.2) is 18.3 Å². The van der Waals surface area contributed by atoms with Crippen molar-refractivity contribution in [1.29, 1.82) is 0 Å². The lowest BCUT2D eigenvalue weighted by molar-refractivity contribution is 0.931. The third kappa shape index (κ3) is 2.29. The third-order valence-electron chi connectivity index (χ3n) is 2.51. The minimum Gasteiger partial charge on any atom is -0.352 e. The molecule has 0 saturated carbocycles. The molecule has 0 aliphatic rings. The van der Waals surface area contributed by atoms with Gasteiger partial charge < -0.3 is 5.32 Å². The van der Waals surface area contributed by atoms with Gasteiger partial charge >= 0.3 is 0 Å². The van der Waals surface area contributed by atoms with Crippen molar-refractivity contribution in [2.75, 3.05) is 18.1 Å². The molecule has 0 saturated heterocycles. The van der Waals surface area contributed by atoms with Crippen molar-refractivity contribution < 1.29 is 0 Å². The van der Waals surface area contributed by atoms with Crippen LogP contribution in [0.25, 0.3) is 5.65 Å². The van der Waals surface area contributed by atoms with Crippen molar-refractivity contribution in [2.24, 2.45) is 0 Å². The average Bonchev–Trinajstić information content (AvgIpc) is 2.70. The Labute approximate surface area is 99.5 Å². The predicted octanol–water partition coefficient (Wildman–Crippen LogP) is 2.20. The van der Waals surface area contributed by atoms with Crippen LogP contribution < -0.4 is 5.32 Å². The van der Waals surface area contributed by atoms with E-state index in [2.05, 4.69) is 28.6 Å². The fraction of sp³-hybridized carbons (Fsp3) is 0.455. The molecule has 16 heavy (non-hydrogen) atoms. The molecule has 0 fully saturated rings. The van der Waals surface area contributed by atoms with Gasteiger partial charge in [0.1, 0.15) is 0 Å². The average molecular weight is 236 g/mol. The number of fused-ring (bicyclic) bond motifs is 1. The van der Waals surface area contributed by atoms with Crippen molar-refractivity contribution in [1.82, 2.24) is 14.6 Å². The molecule has 0 radical (unpaired) electrons. The summed E-state index contributed by atoms with van der Waals surface area (Å²) in [6.07, 6.45) is 4.02. The highest BCUT2D eigenvalue weighted by molar-refractivity contribution is 7.99. The second kappa shape index (κ2) is 4.74. The van der Waals surface area contributed by atoms with Crippen molar-refractivity contribution in [2.45, 2.75) is 19.1 Å². The molecule has 0 amide bonds. The Balaban J connectivity index is 2.17. The van der Waals surface area contributed by atoms with Crippen molar-refractivity contribution in [3.63, 3.8) is 0 Å². The van der Waals surface area contributed by atoms with E-state index in [-0.39, 0.29) is 0 Å². The number of thioether (sulfide) groups is 1. The highest BCUT2D eigenvalue weighted by atomic mass is 32.2. The summed E-state index contributed by atoms with van der Waals surface area (Å²) in [6, 6.07) is 4.02. The molecule has 0 bridgehead atoms. The molecule has 0 aliphatic carbocycles. The minimum atomic E-state index is 0.563. The van der Waals surface area contributed by atoms with E-state index in [1.165, 1.54) is 0 Å². The van der Waals surface area contributed by atoms with Crippen LogP contribution in [0.2, 0.25) is 0 Å². The van der Waals surface area contributed by atoms with E-state index in [9.17, 15) is 0 Å². The summed E-state index contributed by atoms with van der Waals surface area (Å²) in [5, 5.41) is 8.18. The summed E-state index contributed by atoms with van der Waals surface area (Å²) in [4.78, 5) is 4.45. The number of hydrogen-bond donors (Lipinski definition) is 1. The van der Waals surface area contributed by atoms with Crippen LogP contribution in [-0.4, -0.2) is 32.6 Å². The van der Waals surface area contributed by atoms with Gasteiger partial charge in [0.15, 0.2) is 5.65 Å². The first-order chi connectivity index (χ1) is 7.70. The fourth-order valence-corrected chi connectivity index (χ4v) is 1.68. The molecule has 1 atom stereocenters. The zero-order valence-corrected chi connectivity index (χ0v) is 10.6. The van der Waals surface area contributed by atoms with Crippen molar-refractivity contribution in [3.05, 3.63) is 23.9 Å². The first kappa shape index (κ1) is 11.3. The molecule has 1 N–H and O–H groups in total. The summed E-state index contributed by atoms with van der Waals surface area (Å²) in [5.74, 6) is 0.704. The summed E-state index contributed by atoms with van der Waals surface area (Å²) >= 11 is 1.83. The van der Waals surface area contributed by atoms with E-state index >= 15 is 0 Å². The summed E-state index contributed by atoms with van der Waals surface area (Å²) in [7, 11) is 0. The quantitative estimate of drug-likeness (QED) is 0.883. The summed E-state index contributed by atoms with van der Waals surface area (Å²) in [5.41, 5.74) is 2.06. The molecule has 0 aromatic carbocycles. The minimum absolute atomic E-state index is 0.563. The van der Waals surface area contributed by atoms with Gasteiger partial charge in [0, 0.05) is 18.0 Å². The van der Waals surface area contributed by atoms with Crippen LogP contribution in [0.3, 0.4) is 0 Å². The lowest BCUT2D eigenvalue weighted by Crippen LogP contribution is -2.13. The molecular weight excluding hydrogens is 220 g/mol. The molecular formula is C11H16N4S. The molecule has 2 aromatic heterocycles. The number of aromatic nitrogens is 3. The van der Waals surface area contributed by atoms with Gasteiger partial charge in [0.2, 0.25) is 5.95 Å². The number of pyridine rings is 1. The number of aryl methyl sites for hydroxylation is 1. The van der Waals surface area contributed by atoms with E-state index in [1.807, 2.05) is 37.0 Å². The van der Waals surface area contributed by atoms with Crippen LogP contribution in [0.4, 0.5) is 5.95 Å². The smallest absolute Gasteiger partial charge is 0.243 e. The molecule has 2 heterocycles. The standard InChI is InChI=1S/C11H16N4S/c1-8-5-4-6-15-10(8)13-11(14-15)12-7-9(2)16-3/h4-6,9H,7H2,1-3H3,(H,12,14).